The number of hydrogen-bond donors (Lipinski definition) is 0. The van der Waals surface area contributed by atoms with Crippen molar-refractivity contribution in [2.24, 2.45) is 5.92 Å². The van der Waals surface area contributed by atoms with E-state index in [1.807, 2.05) is 0 Å². The van der Waals surface area contributed by atoms with E-state index in [1.165, 1.54) is 13.2 Å². The third kappa shape index (κ3) is 9.98. The quantitative estimate of drug-likeness (QED) is 0.169. The van der Waals surface area contributed by atoms with Gasteiger partial charge in [0.2, 0.25) is 5.76 Å². The number of carbonyl (C=O) groups excluding carboxylic acids is 1. The fourth-order valence-electron chi connectivity index (χ4n) is 1.44. The fourth-order valence-corrected chi connectivity index (χ4v) is 1.44. The van der Waals surface area contributed by atoms with Gasteiger partial charge in [-0.3, -0.25) is 0 Å². The summed E-state index contributed by atoms with van der Waals surface area (Å²) in [6.45, 7) is 6.58. The second kappa shape index (κ2) is 13.0. The number of ether oxygens (including phenoxy) is 5. The number of halogens is 2. The minimum atomic E-state index is -2.07. The summed E-state index contributed by atoms with van der Waals surface area (Å²) in [6, 6.07) is 0. The van der Waals surface area contributed by atoms with Gasteiger partial charge in [-0.15, -0.1) is 6.58 Å². The number of hydrogen-bond acceptors (Lipinski definition) is 6. The van der Waals surface area contributed by atoms with Gasteiger partial charge in [0, 0.05) is 7.11 Å². The molecule has 0 saturated heterocycles. The molecule has 8 heteroatoms. The summed E-state index contributed by atoms with van der Waals surface area (Å²) in [5, 5.41) is 0. The molecule has 0 rings (SSSR count). The third-order valence-corrected chi connectivity index (χ3v) is 2.49. The molecule has 0 aromatic rings. The molecule has 0 aliphatic rings. The Kier molecular flexibility index (Phi) is 12.1. The standard InChI is InChI=1S/C15H24F2O6/c1-5-6-20-9-12(18)23-13(11(2)3)14(15(16)17)22-10-21-8-7-19-4/h5,11,13H,1,6-10H2,2-4H3. The van der Waals surface area contributed by atoms with Crippen LogP contribution in [0, 0.1) is 5.92 Å². The molecule has 23 heavy (non-hydrogen) atoms. The third-order valence-electron chi connectivity index (χ3n) is 2.49. The molecule has 1 unspecified atom stereocenters. The van der Waals surface area contributed by atoms with Crippen LogP contribution in [0.3, 0.4) is 0 Å². The van der Waals surface area contributed by atoms with E-state index in [-0.39, 0.29) is 19.8 Å². The van der Waals surface area contributed by atoms with Crippen molar-refractivity contribution in [1.29, 1.82) is 0 Å². The number of esters is 1. The van der Waals surface area contributed by atoms with Crippen LogP contribution < -0.4 is 0 Å². The molecule has 0 N–H and O–H groups in total. The Labute approximate surface area is 135 Å². The van der Waals surface area contributed by atoms with Crippen molar-refractivity contribution in [3.05, 3.63) is 24.5 Å². The Morgan fingerprint density at radius 2 is 1.91 bits per heavy atom. The minimum Gasteiger partial charge on any atom is -0.462 e. The van der Waals surface area contributed by atoms with E-state index < -0.39 is 36.6 Å². The summed E-state index contributed by atoms with van der Waals surface area (Å²) in [4.78, 5) is 11.6. The molecule has 0 saturated carbocycles. The van der Waals surface area contributed by atoms with Crippen LogP contribution in [0.4, 0.5) is 8.78 Å². The maximum atomic E-state index is 13.1. The van der Waals surface area contributed by atoms with Crippen molar-refractivity contribution in [2.75, 3.05) is 40.3 Å². The van der Waals surface area contributed by atoms with Crippen molar-refractivity contribution in [3.63, 3.8) is 0 Å². The zero-order chi connectivity index (χ0) is 17.7. The van der Waals surface area contributed by atoms with Crippen LogP contribution in [0.5, 0.6) is 0 Å². The van der Waals surface area contributed by atoms with Crippen molar-refractivity contribution < 1.29 is 37.3 Å². The van der Waals surface area contributed by atoms with Crippen molar-refractivity contribution in [1.82, 2.24) is 0 Å². The largest absolute Gasteiger partial charge is 0.462 e. The molecule has 0 aliphatic heterocycles. The lowest BCUT2D eigenvalue weighted by atomic mass is 10.1. The van der Waals surface area contributed by atoms with E-state index in [9.17, 15) is 13.6 Å². The molecule has 0 heterocycles. The molecular weight excluding hydrogens is 314 g/mol. The minimum absolute atomic E-state index is 0.158. The second-order valence-electron chi connectivity index (χ2n) is 4.75. The predicted molar refractivity (Wildman–Crippen MR) is 78.8 cm³/mol. The summed E-state index contributed by atoms with van der Waals surface area (Å²) in [7, 11) is 1.49. The normalized spacial score (nSPS) is 11.9. The van der Waals surface area contributed by atoms with Gasteiger partial charge in [-0.1, -0.05) is 19.9 Å². The number of carbonyl (C=O) groups is 1. The van der Waals surface area contributed by atoms with Crippen molar-refractivity contribution in [3.8, 4) is 0 Å². The highest BCUT2D eigenvalue weighted by Gasteiger charge is 2.28. The highest BCUT2D eigenvalue weighted by Crippen LogP contribution is 2.23. The van der Waals surface area contributed by atoms with Gasteiger partial charge in [-0.05, 0) is 5.92 Å². The first-order valence-corrected chi connectivity index (χ1v) is 7.06. The first kappa shape index (κ1) is 21.5. The molecule has 0 radical (unpaired) electrons. The average Bonchev–Trinajstić information content (AvgIpc) is 2.49. The molecule has 0 aromatic carbocycles. The molecule has 6 nitrogen and oxygen atoms in total. The summed E-state index contributed by atoms with van der Waals surface area (Å²) in [5.74, 6) is -1.92. The Hall–Kier alpha value is -1.51. The van der Waals surface area contributed by atoms with Gasteiger partial charge in [0.05, 0.1) is 19.8 Å². The first-order chi connectivity index (χ1) is 10.9. The molecule has 0 aliphatic carbocycles. The van der Waals surface area contributed by atoms with Gasteiger partial charge in [0.25, 0.3) is 0 Å². The zero-order valence-corrected chi connectivity index (χ0v) is 13.7. The van der Waals surface area contributed by atoms with E-state index in [2.05, 4.69) is 6.58 Å². The Balaban J connectivity index is 4.62. The number of rotatable bonds is 13. The molecule has 0 spiro atoms. The maximum Gasteiger partial charge on any atom is 0.332 e. The van der Waals surface area contributed by atoms with Crippen molar-refractivity contribution in [2.45, 2.75) is 20.0 Å². The zero-order valence-electron chi connectivity index (χ0n) is 13.7. The Morgan fingerprint density at radius 3 is 2.43 bits per heavy atom. The predicted octanol–water partition coefficient (Wildman–Crippen LogP) is 2.50. The van der Waals surface area contributed by atoms with E-state index in [0.29, 0.717) is 6.61 Å². The molecule has 134 valence electrons. The van der Waals surface area contributed by atoms with E-state index >= 15 is 0 Å². The molecule has 0 aromatic heterocycles. The molecule has 0 bridgehead atoms. The van der Waals surface area contributed by atoms with Crippen LogP contribution in [0.25, 0.3) is 0 Å². The van der Waals surface area contributed by atoms with Gasteiger partial charge in [-0.25, -0.2) is 4.79 Å². The molecule has 1 atom stereocenters. The Bertz CT molecular complexity index is 380. The SMILES string of the molecule is C=CCOCC(=O)OC(C(OCOCCOC)=C(F)F)C(C)C. The smallest absolute Gasteiger partial charge is 0.332 e. The van der Waals surface area contributed by atoms with Crippen LogP contribution in [-0.4, -0.2) is 52.4 Å². The van der Waals surface area contributed by atoms with Gasteiger partial charge < -0.3 is 23.7 Å². The van der Waals surface area contributed by atoms with Crippen LogP contribution in [0.15, 0.2) is 24.5 Å². The lowest BCUT2D eigenvalue weighted by molar-refractivity contribution is -0.158. The lowest BCUT2D eigenvalue weighted by Gasteiger charge is -2.23. The lowest BCUT2D eigenvalue weighted by Crippen LogP contribution is -2.30. The molecule has 0 amide bonds. The summed E-state index contributed by atoms with van der Waals surface area (Å²) in [5.41, 5.74) is 0. The van der Waals surface area contributed by atoms with Crippen LogP contribution in [0.1, 0.15) is 13.8 Å². The highest BCUT2D eigenvalue weighted by molar-refractivity contribution is 5.71. The van der Waals surface area contributed by atoms with Gasteiger partial charge in [-0.2, -0.15) is 8.78 Å². The van der Waals surface area contributed by atoms with E-state index in [0.717, 1.165) is 0 Å². The first-order valence-electron chi connectivity index (χ1n) is 7.06. The fraction of sp³-hybridized carbons (Fsp3) is 0.667. The van der Waals surface area contributed by atoms with Crippen LogP contribution >= 0.6 is 0 Å². The summed E-state index contributed by atoms with van der Waals surface area (Å²) < 4.78 is 50.7. The summed E-state index contributed by atoms with van der Waals surface area (Å²) >= 11 is 0. The van der Waals surface area contributed by atoms with Crippen LogP contribution in [-0.2, 0) is 28.5 Å². The molecular formula is C15H24F2O6. The maximum absolute atomic E-state index is 13.1. The summed E-state index contributed by atoms with van der Waals surface area (Å²) in [6.07, 6.45) is -1.84. The average molecular weight is 338 g/mol. The van der Waals surface area contributed by atoms with Gasteiger partial charge >= 0.3 is 12.0 Å². The van der Waals surface area contributed by atoms with E-state index in [1.54, 1.807) is 13.8 Å². The van der Waals surface area contributed by atoms with Gasteiger partial charge in [0.1, 0.15) is 6.61 Å². The number of methoxy groups -OCH3 is 1. The van der Waals surface area contributed by atoms with E-state index in [4.69, 9.17) is 23.7 Å². The monoisotopic (exact) mass is 338 g/mol. The topological polar surface area (TPSA) is 63.2 Å². The van der Waals surface area contributed by atoms with Crippen molar-refractivity contribution >= 4 is 5.97 Å². The van der Waals surface area contributed by atoms with Gasteiger partial charge in [0.15, 0.2) is 12.9 Å². The second-order valence-corrected chi connectivity index (χ2v) is 4.75. The van der Waals surface area contributed by atoms with Crippen LogP contribution in [0.2, 0.25) is 0 Å². The highest BCUT2D eigenvalue weighted by atomic mass is 19.3. The molecule has 0 fully saturated rings. The Morgan fingerprint density at radius 1 is 1.22 bits per heavy atom.